The summed E-state index contributed by atoms with van der Waals surface area (Å²) in [4.78, 5) is 30.9. The third kappa shape index (κ3) is 15.2. The molecule has 2 aliphatic rings. The van der Waals surface area contributed by atoms with Gasteiger partial charge in [0.25, 0.3) is 0 Å². The van der Waals surface area contributed by atoms with Crippen molar-refractivity contribution in [3.05, 3.63) is 258 Å². The standard InChI is InChI=1S/C72H76FNO11SSi/c1-72(2,3)87(5,6)85-62(54-35-38-57(73)39-36-54)42-41-61-65(74(70(61)75)58-32-20-11-21-33-58)60-40-37-56(55-31-22-34-59(43-55)80-45-50-23-12-7-13-24-50)44-64(60)86(77,78)49-63-66(81-46-51-25-14-8-15-26-51)67(82-47-52-27-16-9-17-28-52)68(69(84-63)71(76)79-4)83-48-53-29-18-10-19-30-53/h7-40,43-44,61-63,65-69H,41-42,45-49H2,1-6H3/t61-,62-,63+,65-,66?,67-,68-,69?/m1/s1. The number of sulfone groups is 1. The number of hydrogen-bond acceptors (Lipinski definition) is 11. The van der Waals surface area contributed by atoms with Gasteiger partial charge in [0.05, 0.1) is 55.6 Å². The minimum Gasteiger partial charge on any atom is -0.489 e. The molecule has 2 saturated heterocycles. The summed E-state index contributed by atoms with van der Waals surface area (Å²) in [6.07, 6.45) is -6.03. The quantitative estimate of drug-likeness (QED) is 0.0307. The fourth-order valence-electron chi connectivity index (χ4n) is 11.2. The molecule has 8 atom stereocenters. The third-order valence-electron chi connectivity index (χ3n) is 16.9. The van der Waals surface area contributed by atoms with Gasteiger partial charge >= 0.3 is 5.97 Å². The molecule has 2 fully saturated rings. The fraction of sp³-hybridized carbons (Fsp3) is 0.306. The van der Waals surface area contributed by atoms with Crippen molar-refractivity contribution < 1.29 is 55.2 Å². The number of ether oxygens (including phenoxy) is 6. The van der Waals surface area contributed by atoms with Gasteiger partial charge in [0.15, 0.2) is 24.3 Å². The molecule has 0 spiro atoms. The highest BCUT2D eigenvalue weighted by atomic mass is 32.2. The van der Waals surface area contributed by atoms with E-state index in [1.165, 1.54) is 19.2 Å². The molecule has 2 aliphatic heterocycles. The number of benzene rings is 8. The second kappa shape index (κ2) is 28.0. The van der Waals surface area contributed by atoms with Crippen LogP contribution in [0.1, 0.15) is 79.1 Å². The number of carbonyl (C=O) groups is 2. The smallest absolute Gasteiger partial charge is 0.337 e. The van der Waals surface area contributed by atoms with Gasteiger partial charge in [-0.2, -0.15) is 0 Å². The average molecular weight is 1210 g/mol. The van der Waals surface area contributed by atoms with E-state index < -0.39 is 78.5 Å². The van der Waals surface area contributed by atoms with Gasteiger partial charge in [0, 0.05) is 5.69 Å². The van der Waals surface area contributed by atoms with Crippen LogP contribution in [0.4, 0.5) is 10.1 Å². The molecule has 8 aromatic carbocycles. The Morgan fingerprint density at radius 3 is 1.69 bits per heavy atom. The first kappa shape index (κ1) is 62.4. The number of carbonyl (C=O) groups excluding carboxylic acids is 2. The van der Waals surface area contributed by atoms with E-state index in [4.69, 9.17) is 32.8 Å². The highest BCUT2D eigenvalue weighted by Gasteiger charge is 2.54. The van der Waals surface area contributed by atoms with Gasteiger partial charge in [0.1, 0.15) is 42.6 Å². The van der Waals surface area contributed by atoms with Crippen LogP contribution in [0.25, 0.3) is 11.1 Å². The van der Waals surface area contributed by atoms with Gasteiger partial charge in [-0.3, -0.25) is 4.79 Å². The van der Waals surface area contributed by atoms with Crippen LogP contribution in [-0.2, 0) is 74.0 Å². The van der Waals surface area contributed by atoms with E-state index in [0.717, 1.165) is 27.8 Å². The number of hydrogen-bond donors (Lipinski definition) is 0. The topological polar surface area (TPSA) is 136 Å². The number of methoxy groups -OCH3 is 1. The monoisotopic (exact) mass is 1210 g/mol. The first-order valence-corrected chi connectivity index (χ1v) is 34.2. The van der Waals surface area contributed by atoms with E-state index >= 15 is 13.2 Å². The van der Waals surface area contributed by atoms with Crippen molar-refractivity contribution in [1.82, 2.24) is 0 Å². The number of β-lactam (4-membered cyclic amide) rings is 1. The van der Waals surface area contributed by atoms with Gasteiger partial charge in [-0.15, -0.1) is 0 Å². The molecule has 87 heavy (non-hydrogen) atoms. The summed E-state index contributed by atoms with van der Waals surface area (Å²) >= 11 is 0. The molecule has 10 rings (SSSR count). The van der Waals surface area contributed by atoms with E-state index in [0.29, 0.717) is 47.6 Å². The summed E-state index contributed by atoms with van der Waals surface area (Å²) in [5.41, 5.74) is 6.46. The van der Waals surface area contributed by atoms with Crippen molar-refractivity contribution in [3.63, 3.8) is 0 Å². The van der Waals surface area contributed by atoms with E-state index in [-0.39, 0.29) is 41.5 Å². The van der Waals surface area contributed by atoms with Crippen LogP contribution in [-0.4, -0.2) is 72.0 Å². The minimum atomic E-state index is -4.58. The lowest BCUT2D eigenvalue weighted by Crippen LogP contribution is -2.63. The van der Waals surface area contributed by atoms with Crippen molar-refractivity contribution in [2.75, 3.05) is 17.8 Å². The van der Waals surface area contributed by atoms with E-state index in [1.807, 2.05) is 188 Å². The summed E-state index contributed by atoms with van der Waals surface area (Å²) in [6.45, 7) is 11.3. The number of halogens is 1. The van der Waals surface area contributed by atoms with Crippen LogP contribution in [0.5, 0.6) is 5.75 Å². The molecule has 0 radical (unpaired) electrons. The maximum atomic E-state index is 16.4. The largest absolute Gasteiger partial charge is 0.489 e. The number of amides is 1. The fourth-order valence-corrected chi connectivity index (χ4v) is 14.2. The van der Waals surface area contributed by atoms with Crippen LogP contribution in [0, 0.1) is 11.7 Å². The Balaban J connectivity index is 1.09. The van der Waals surface area contributed by atoms with Crippen LogP contribution >= 0.6 is 0 Å². The lowest BCUT2D eigenvalue weighted by molar-refractivity contribution is -0.261. The molecule has 15 heteroatoms. The van der Waals surface area contributed by atoms with Gasteiger partial charge in [0.2, 0.25) is 5.91 Å². The highest BCUT2D eigenvalue weighted by Crippen LogP contribution is 2.50. The number of rotatable bonds is 25. The van der Waals surface area contributed by atoms with Crippen molar-refractivity contribution >= 4 is 35.7 Å². The number of nitrogens with zero attached hydrogens (tertiary/aromatic N) is 1. The molecule has 2 heterocycles. The molecular weight excluding hydrogens is 1130 g/mol. The Bertz CT molecular complexity index is 3650. The van der Waals surface area contributed by atoms with Gasteiger partial charge < -0.3 is 37.7 Å². The van der Waals surface area contributed by atoms with Crippen LogP contribution < -0.4 is 9.64 Å². The van der Waals surface area contributed by atoms with Crippen molar-refractivity contribution in [3.8, 4) is 16.9 Å². The van der Waals surface area contributed by atoms with E-state index in [9.17, 15) is 9.18 Å². The summed E-state index contributed by atoms with van der Waals surface area (Å²) in [5, 5.41) is -0.169. The summed E-state index contributed by atoms with van der Waals surface area (Å²) in [5.74, 6) is -2.18. The second-order valence-electron chi connectivity index (χ2n) is 23.8. The zero-order chi connectivity index (χ0) is 61.1. The molecule has 1 amide bonds. The second-order valence-corrected chi connectivity index (χ2v) is 30.6. The molecule has 452 valence electrons. The van der Waals surface area contributed by atoms with Crippen LogP contribution in [0.2, 0.25) is 18.1 Å². The zero-order valence-electron chi connectivity index (χ0n) is 50.1. The van der Waals surface area contributed by atoms with Crippen molar-refractivity contribution in [2.45, 2.75) is 126 Å². The molecule has 0 bridgehead atoms. The summed E-state index contributed by atoms with van der Waals surface area (Å²) in [7, 11) is -5.78. The molecule has 0 aromatic heterocycles. The average Bonchev–Trinajstić information content (AvgIpc) is 1.80. The Hall–Kier alpha value is -7.60. The third-order valence-corrected chi connectivity index (χ3v) is 23.1. The van der Waals surface area contributed by atoms with Gasteiger partial charge in [-0.25, -0.2) is 17.6 Å². The molecule has 2 unspecified atom stereocenters. The van der Waals surface area contributed by atoms with Crippen LogP contribution in [0.3, 0.4) is 0 Å². The Morgan fingerprint density at radius 1 is 0.621 bits per heavy atom. The predicted molar refractivity (Wildman–Crippen MR) is 337 cm³/mol. The normalized spacial score (nSPS) is 20.1. The van der Waals surface area contributed by atoms with Gasteiger partial charge in [-0.05, 0) is 118 Å². The Labute approximate surface area is 512 Å². The number of anilines is 1. The first-order chi connectivity index (χ1) is 42.0. The minimum absolute atomic E-state index is 0.0320. The predicted octanol–water partition coefficient (Wildman–Crippen LogP) is 14.8. The first-order valence-electron chi connectivity index (χ1n) is 29.6. The molecule has 12 nitrogen and oxygen atoms in total. The maximum absolute atomic E-state index is 16.4. The lowest BCUT2D eigenvalue weighted by atomic mass is 9.78. The summed E-state index contributed by atoms with van der Waals surface area (Å²) in [6, 6.07) is 65.9. The summed E-state index contributed by atoms with van der Waals surface area (Å²) < 4.78 is 93.4. The lowest BCUT2D eigenvalue weighted by Gasteiger charge is -2.49. The molecule has 0 saturated carbocycles. The maximum Gasteiger partial charge on any atom is 0.337 e. The SMILES string of the molecule is COC(=O)C1O[C@@H](CS(=O)(=O)c2cc(-c3cccc(OCc4ccccc4)c3)ccc2[C@@H]2[C@@H](CC[C@@H](O[Si](C)(C)C(C)(C)C)c3ccc(F)cc3)C(=O)N2c2ccccc2)C(OCc2ccccc2)[C@@H](OCc2ccccc2)[C@H]1OCc1ccccc1. The Kier molecular flexibility index (Phi) is 20.1. The molecule has 0 aliphatic carbocycles. The molecule has 0 N–H and O–H groups in total. The Morgan fingerprint density at radius 2 is 1.14 bits per heavy atom. The van der Waals surface area contributed by atoms with Crippen LogP contribution in [0.15, 0.2) is 223 Å². The zero-order valence-corrected chi connectivity index (χ0v) is 51.9. The van der Waals surface area contributed by atoms with Crippen molar-refractivity contribution in [1.29, 1.82) is 0 Å². The molecular formula is C72H76FNO11SSi. The van der Waals surface area contributed by atoms with Crippen molar-refractivity contribution in [2.24, 2.45) is 5.92 Å². The number of esters is 1. The highest BCUT2D eigenvalue weighted by molar-refractivity contribution is 7.91. The van der Waals surface area contributed by atoms with Gasteiger partial charge in [-0.1, -0.05) is 197 Å². The van der Waals surface area contributed by atoms with E-state index in [1.54, 1.807) is 23.1 Å². The van der Waals surface area contributed by atoms with E-state index in [2.05, 4.69) is 33.9 Å². The molecule has 8 aromatic rings. The number of para-hydroxylation sites is 1.